The third-order valence-electron chi connectivity index (χ3n) is 3.55. The van der Waals surface area contributed by atoms with Gasteiger partial charge in [0.05, 0.1) is 0 Å². The van der Waals surface area contributed by atoms with Gasteiger partial charge in [0, 0.05) is 16.3 Å². The van der Waals surface area contributed by atoms with Crippen LogP contribution in [-0.2, 0) is 6.54 Å². The Morgan fingerprint density at radius 3 is 2.94 bits per heavy atom. The first kappa shape index (κ1) is 12.0. The maximum atomic E-state index is 11.1. The molecule has 0 radical (unpaired) electrons. The molecule has 1 aromatic rings. The Bertz CT molecular complexity index is 400. The quantitative estimate of drug-likeness (QED) is 0.863. The summed E-state index contributed by atoms with van der Waals surface area (Å²) >= 11 is 2.17. The van der Waals surface area contributed by atoms with Gasteiger partial charge in [0.25, 0.3) is 0 Å². The van der Waals surface area contributed by atoms with E-state index in [1.54, 1.807) is 6.07 Å². The topological polar surface area (TPSA) is 42.2 Å². The number of nitrogens with zero attached hydrogens (tertiary/aromatic N) is 1. The summed E-state index contributed by atoms with van der Waals surface area (Å²) < 4.78 is 2.90. The highest BCUT2D eigenvalue weighted by molar-refractivity contribution is 14.1. The molecular formula is C12H16INO2. The molecule has 0 amide bonds. The molecule has 0 aliphatic heterocycles. The second-order valence-corrected chi connectivity index (χ2v) is 5.91. The van der Waals surface area contributed by atoms with Gasteiger partial charge in [-0.1, -0.05) is 19.8 Å². The van der Waals surface area contributed by atoms with E-state index in [-0.39, 0.29) is 0 Å². The van der Waals surface area contributed by atoms with Gasteiger partial charge in [-0.2, -0.15) is 0 Å². The number of carboxylic acids is 1. The van der Waals surface area contributed by atoms with Gasteiger partial charge in [0.15, 0.2) is 0 Å². The minimum atomic E-state index is -0.825. The third-order valence-corrected chi connectivity index (χ3v) is 4.14. The summed E-state index contributed by atoms with van der Waals surface area (Å²) in [5, 5.41) is 9.09. The van der Waals surface area contributed by atoms with Crippen molar-refractivity contribution < 1.29 is 9.90 Å². The summed E-state index contributed by atoms with van der Waals surface area (Å²) in [5.41, 5.74) is 0.420. The number of carboxylic acid groups (broad SMARTS) is 1. The lowest BCUT2D eigenvalue weighted by Crippen LogP contribution is -2.16. The van der Waals surface area contributed by atoms with Crippen molar-refractivity contribution in [1.29, 1.82) is 0 Å². The van der Waals surface area contributed by atoms with Crippen LogP contribution in [0.1, 0.15) is 36.7 Å². The van der Waals surface area contributed by atoms with Crippen LogP contribution in [0.3, 0.4) is 0 Å². The van der Waals surface area contributed by atoms with Gasteiger partial charge in [-0.05, 0) is 46.9 Å². The van der Waals surface area contributed by atoms with E-state index in [4.69, 9.17) is 5.11 Å². The highest BCUT2D eigenvalue weighted by atomic mass is 127. The molecule has 2 atom stereocenters. The van der Waals surface area contributed by atoms with Crippen LogP contribution in [0.4, 0.5) is 0 Å². The van der Waals surface area contributed by atoms with E-state index in [0.717, 1.165) is 16.0 Å². The van der Waals surface area contributed by atoms with Crippen molar-refractivity contribution in [2.24, 2.45) is 11.8 Å². The van der Waals surface area contributed by atoms with Gasteiger partial charge in [-0.15, -0.1) is 0 Å². The first-order valence-corrected chi connectivity index (χ1v) is 6.74. The number of carbonyl (C=O) groups is 1. The van der Waals surface area contributed by atoms with Gasteiger partial charge in [0.1, 0.15) is 5.69 Å². The molecular weight excluding hydrogens is 317 g/mol. The van der Waals surface area contributed by atoms with E-state index >= 15 is 0 Å². The van der Waals surface area contributed by atoms with Crippen LogP contribution in [-0.4, -0.2) is 15.6 Å². The van der Waals surface area contributed by atoms with Crippen LogP contribution in [0.15, 0.2) is 12.3 Å². The smallest absolute Gasteiger partial charge is 0.352 e. The molecule has 1 saturated carbocycles. The SMILES string of the molecule is CC1CCCC1Cn1cc(I)cc1C(=O)O. The fourth-order valence-corrected chi connectivity index (χ4v) is 3.18. The fraction of sp³-hybridized carbons (Fsp3) is 0.583. The summed E-state index contributed by atoms with van der Waals surface area (Å²) in [4.78, 5) is 11.1. The molecule has 2 rings (SSSR count). The minimum Gasteiger partial charge on any atom is -0.477 e. The molecule has 0 saturated heterocycles. The van der Waals surface area contributed by atoms with Crippen molar-refractivity contribution in [3.8, 4) is 0 Å². The third kappa shape index (κ3) is 2.42. The van der Waals surface area contributed by atoms with Crippen molar-refractivity contribution in [2.75, 3.05) is 0 Å². The maximum Gasteiger partial charge on any atom is 0.352 e. The molecule has 1 aliphatic carbocycles. The first-order valence-electron chi connectivity index (χ1n) is 5.67. The minimum absolute atomic E-state index is 0.420. The van der Waals surface area contributed by atoms with Gasteiger partial charge in [-0.25, -0.2) is 4.79 Å². The van der Waals surface area contributed by atoms with Crippen molar-refractivity contribution in [2.45, 2.75) is 32.7 Å². The predicted molar refractivity (Wildman–Crippen MR) is 70.6 cm³/mol. The van der Waals surface area contributed by atoms with E-state index in [1.807, 2.05) is 10.8 Å². The summed E-state index contributed by atoms with van der Waals surface area (Å²) in [6.07, 6.45) is 5.74. The standard InChI is InChI=1S/C12H16INO2/c1-8-3-2-4-9(8)6-14-7-10(13)5-11(14)12(15)16/h5,7-9H,2-4,6H2,1H3,(H,15,16). The molecule has 1 fully saturated rings. The van der Waals surface area contributed by atoms with Crippen LogP contribution in [0.25, 0.3) is 0 Å². The highest BCUT2D eigenvalue weighted by Gasteiger charge is 2.25. The molecule has 1 N–H and O–H groups in total. The largest absolute Gasteiger partial charge is 0.477 e. The normalized spacial score (nSPS) is 24.9. The second kappa shape index (κ2) is 4.77. The molecule has 1 aliphatic rings. The highest BCUT2D eigenvalue weighted by Crippen LogP contribution is 2.32. The zero-order valence-electron chi connectivity index (χ0n) is 9.32. The lowest BCUT2D eigenvalue weighted by atomic mass is 9.98. The van der Waals surface area contributed by atoms with E-state index in [1.165, 1.54) is 19.3 Å². The molecule has 88 valence electrons. The molecule has 0 spiro atoms. The zero-order chi connectivity index (χ0) is 11.7. The number of halogens is 1. The van der Waals surface area contributed by atoms with Crippen molar-refractivity contribution in [1.82, 2.24) is 4.57 Å². The number of aromatic nitrogens is 1. The van der Waals surface area contributed by atoms with Gasteiger partial charge in [0.2, 0.25) is 0 Å². The molecule has 3 nitrogen and oxygen atoms in total. The Kier molecular flexibility index (Phi) is 3.56. The fourth-order valence-electron chi connectivity index (χ4n) is 2.55. The van der Waals surface area contributed by atoms with Gasteiger partial charge in [-0.3, -0.25) is 0 Å². The van der Waals surface area contributed by atoms with Crippen molar-refractivity contribution >= 4 is 28.6 Å². The van der Waals surface area contributed by atoms with E-state index < -0.39 is 5.97 Å². The first-order chi connectivity index (χ1) is 7.58. The average molecular weight is 333 g/mol. The number of aromatic carboxylic acids is 1. The lowest BCUT2D eigenvalue weighted by molar-refractivity contribution is 0.0683. The predicted octanol–water partition coefficient (Wildman–Crippen LogP) is 3.23. The van der Waals surface area contributed by atoms with Crippen LogP contribution < -0.4 is 0 Å². The van der Waals surface area contributed by atoms with Gasteiger partial charge >= 0.3 is 5.97 Å². The van der Waals surface area contributed by atoms with Crippen molar-refractivity contribution in [3.05, 3.63) is 21.5 Å². The van der Waals surface area contributed by atoms with Gasteiger partial charge < -0.3 is 9.67 Å². The Hall–Kier alpha value is -0.520. The number of hydrogen-bond donors (Lipinski definition) is 1. The van der Waals surface area contributed by atoms with Crippen LogP contribution in [0.5, 0.6) is 0 Å². The molecule has 1 aromatic heterocycles. The lowest BCUT2D eigenvalue weighted by Gasteiger charge is -2.17. The molecule has 0 bridgehead atoms. The Labute approximate surface area is 109 Å². The summed E-state index contributed by atoms with van der Waals surface area (Å²) in [5.74, 6) is 0.538. The maximum absolute atomic E-state index is 11.1. The van der Waals surface area contributed by atoms with Crippen molar-refractivity contribution in [3.63, 3.8) is 0 Å². The van der Waals surface area contributed by atoms with Crippen LogP contribution in [0.2, 0.25) is 0 Å². The zero-order valence-corrected chi connectivity index (χ0v) is 11.5. The molecule has 2 unspecified atom stereocenters. The summed E-state index contributed by atoms with van der Waals surface area (Å²) in [6.45, 7) is 3.12. The van der Waals surface area contributed by atoms with E-state index in [2.05, 4.69) is 29.5 Å². The second-order valence-electron chi connectivity index (χ2n) is 4.67. The summed E-state index contributed by atoms with van der Waals surface area (Å²) in [7, 11) is 0. The van der Waals surface area contributed by atoms with E-state index in [9.17, 15) is 4.79 Å². The number of hydrogen-bond acceptors (Lipinski definition) is 1. The average Bonchev–Trinajstić information content (AvgIpc) is 2.75. The Balaban J connectivity index is 2.17. The molecule has 16 heavy (non-hydrogen) atoms. The monoisotopic (exact) mass is 333 g/mol. The Morgan fingerprint density at radius 1 is 1.62 bits per heavy atom. The van der Waals surface area contributed by atoms with E-state index in [0.29, 0.717) is 11.6 Å². The molecule has 0 aromatic carbocycles. The molecule has 1 heterocycles. The van der Waals surface area contributed by atoms with Crippen LogP contribution in [0, 0.1) is 15.4 Å². The van der Waals surface area contributed by atoms with Crippen LogP contribution >= 0.6 is 22.6 Å². The summed E-state index contributed by atoms with van der Waals surface area (Å²) in [6, 6.07) is 1.74. The molecule has 4 heteroatoms. The Morgan fingerprint density at radius 2 is 2.38 bits per heavy atom. The number of rotatable bonds is 3.